The normalized spacial score (nSPS) is 17.3. The minimum atomic E-state index is 0. The van der Waals surface area contributed by atoms with Gasteiger partial charge in [0.1, 0.15) is 0 Å². The van der Waals surface area contributed by atoms with Gasteiger partial charge in [-0.3, -0.25) is 9.80 Å². The molecule has 1 aliphatic rings. The third-order valence-corrected chi connectivity index (χ3v) is 3.07. The van der Waals surface area contributed by atoms with E-state index in [1.54, 1.807) is 0 Å². The van der Waals surface area contributed by atoms with E-state index in [1.807, 2.05) is 20.9 Å². The molecular weight excluding hydrogens is 226 g/mol. The van der Waals surface area contributed by atoms with Crippen molar-refractivity contribution in [2.24, 2.45) is 5.73 Å². The van der Waals surface area contributed by atoms with Crippen molar-refractivity contribution in [1.82, 2.24) is 20.4 Å². The SMILES string of the molecule is CC.CNCCNCCN1CCN(CCN)CC1.[HH].[HH]. The molecule has 0 unspecified atom stereocenters. The maximum absolute atomic E-state index is 5.55. The Morgan fingerprint density at radius 1 is 0.944 bits per heavy atom. The molecule has 0 amide bonds. The van der Waals surface area contributed by atoms with Crippen LogP contribution in [-0.4, -0.2) is 82.3 Å². The summed E-state index contributed by atoms with van der Waals surface area (Å²) in [4.78, 5) is 4.98. The molecule has 0 atom stereocenters. The third-order valence-electron chi connectivity index (χ3n) is 3.07. The van der Waals surface area contributed by atoms with E-state index in [4.69, 9.17) is 5.73 Å². The zero-order chi connectivity index (χ0) is 13.6. The first kappa shape index (κ1) is 17.8. The fourth-order valence-corrected chi connectivity index (χ4v) is 1.99. The number of likely N-dealkylation sites (N-methyl/N-ethyl adjacent to an activating group) is 1. The summed E-state index contributed by atoms with van der Waals surface area (Å²) in [6.45, 7) is 14.9. The first-order valence-corrected chi connectivity index (χ1v) is 7.37. The topological polar surface area (TPSA) is 56.6 Å². The number of hydrogen-bond acceptors (Lipinski definition) is 5. The number of piperazine rings is 1. The van der Waals surface area contributed by atoms with E-state index in [0.29, 0.717) is 0 Å². The third kappa shape index (κ3) is 8.83. The van der Waals surface area contributed by atoms with Crippen LogP contribution in [0.25, 0.3) is 0 Å². The Kier molecular flexibility index (Phi) is 13.1. The molecule has 0 aromatic rings. The summed E-state index contributed by atoms with van der Waals surface area (Å²) in [6.07, 6.45) is 0. The Morgan fingerprint density at radius 3 is 2.00 bits per heavy atom. The van der Waals surface area contributed by atoms with Crippen LogP contribution in [-0.2, 0) is 0 Å². The molecule has 4 N–H and O–H groups in total. The minimum Gasteiger partial charge on any atom is -0.329 e. The molecule has 0 aromatic heterocycles. The first-order chi connectivity index (χ1) is 8.86. The molecule has 0 aromatic carbocycles. The van der Waals surface area contributed by atoms with Gasteiger partial charge in [0.05, 0.1) is 0 Å². The summed E-state index contributed by atoms with van der Waals surface area (Å²) in [5, 5.41) is 6.56. The second-order valence-electron chi connectivity index (χ2n) is 4.33. The van der Waals surface area contributed by atoms with Crippen LogP contribution in [0.4, 0.5) is 0 Å². The first-order valence-electron chi connectivity index (χ1n) is 7.37. The second-order valence-corrected chi connectivity index (χ2v) is 4.33. The lowest BCUT2D eigenvalue weighted by atomic mass is 10.3. The van der Waals surface area contributed by atoms with Crippen molar-refractivity contribution in [2.45, 2.75) is 13.8 Å². The summed E-state index contributed by atoms with van der Waals surface area (Å²) in [5.74, 6) is 0. The summed E-state index contributed by atoms with van der Waals surface area (Å²) >= 11 is 0. The molecular formula is C13H37N5. The van der Waals surface area contributed by atoms with Crippen molar-refractivity contribution in [3.8, 4) is 0 Å². The highest BCUT2D eigenvalue weighted by atomic mass is 15.3. The molecule has 1 aliphatic heterocycles. The van der Waals surface area contributed by atoms with E-state index in [0.717, 1.165) is 32.7 Å². The number of hydrogen-bond donors (Lipinski definition) is 3. The van der Waals surface area contributed by atoms with E-state index in [1.165, 1.54) is 32.7 Å². The summed E-state index contributed by atoms with van der Waals surface area (Å²) in [6, 6.07) is 0. The largest absolute Gasteiger partial charge is 0.329 e. The highest BCUT2D eigenvalue weighted by molar-refractivity contribution is 4.72. The van der Waals surface area contributed by atoms with Gasteiger partial charge in [-0.2, -0.15) is 0 Å². The van der Waals surface area contributed by atoms with Crippen LogP contribution in [0.1, 0.15) is 16.7 Å². The van der Waals surface area contributed by atoms with Crippen molar-refractivity contribution in [3.63, 3.8) is 0 Å². The fraction of sp³-hybridized carbons (Fsp3) is 1.00. The molecule has 1 saturated heterocycles. The zero-order valence-electron chi connectivity index (χ0n) is 12.5. The number of nitrogens with two attached hydrogens (primary N) is 1. The Labute approximate surface area is 116 Å². The summed E-state index contributed by atoms with van der Waals surface area (Å²) in [5.41, 5.74) is 5.55. The Bertz CT molecular complexity index is 167. The van der Waals surface area contributed by atoms with Gasteiger partial charge in [0.15, 0.2) is 0 Å². The molecule has 1 fully saturated rings. The average Bonchev–Trinajstić information content (AvgIpc) is 2.43. The van der Waals surface area contributed by atoms with Gasteiger partial charge in [-0.15, -0.1) is 0 Å². The second kappa shape index (κ2) is 13.2. The average molecular weight is 263 g/mol. The predicted molar refractivity (Wildman–Crippen MR) is 84.3 cm³/mol. The molecule has 5 heteroatoms. The quantitative estimate of drug-likeness (QED) is 0.534. The highest BCUT2D eigenvalue weighted by Crippen LogP contribution is 1.99. The smallest absolute Gasteiger partial charge is 0.0110 e. The molecule has 0 saturated carbocycles. The molecule has 0 spiro atoms. The Morgan fingerprint density at radius 2 is 1.50 bits per heavy atom. The highest BCUT2D eigenvalue weighted by Gasteiger charge is 2.14. The van der Waals surface area contributed by atoms with Crippen LogP contribution < -0.4 is 16.4 Å². The lowest BCUT2D eigenvalue weighted by Crippen LogP contribution is -2.49. The summed E-state index contributed by atoms with van der Waals surface area (Å²) in [7, 11) is 1.98. The summed E-state index contributed by atoms with van der Waals surface area (Å²) < 4.78 is 0. The van der Waals surface area contributed by atoms with Crippen LogP contribution in [0.3, 0.4) is 0 Å². The van der Waals surface area contributed by atoms with Gasteiger partial charge in [0.2, 0.25) is 0 Å². The van der Waals surface area contributed by atoms with E-state index in [2.05, 4.69) is 20.4 Å². The molecule has 0 radical (unpaired) electrons. The van der Waals surface area contributed by atoms with Crippen LogP contribution in [0, 0.1) is 0 Å². The van der Waals surface area contributed by atoms with E-state index < -0.39 is 0 Å². The standard InChI is InChI=1S/C11H27N5.C2H6.2H2/c1-13-3-4-14-5-7-16-10-8-15(6-2-12)9-11-16;1-2;;/h13-14H,2-12H2,1H3;1-2H3;2*1H. The molecule has 0 bridgehead atoms. The van der Waals surface area contributed by atoms with Crippen molar-refractivity contribution in [3.05, 3.63) is 0 Å². The molecule has 5 nitrogen and oxygen atoms in total. The van der Waals surface area contributed by atoms with Crippen LogP contribution in [0.2, 0.25) is 0 Å². The van der Waals surface area contributed by atoms with Crippen LogP contribution in [0.15, 0.2) is 0 Å². The van der Waals surface area contributed by atoms with E-state index >= 15 is 0 Å². The lowest BCUT2D eigenvalue weighted by molar-refractivity contribution is 0.136. The van der Waals surface area contributed by atoms with Gasteiger partial charge < -0.3 is 16.4 Å². The van der Waals surface area contributed by atoms with Gasteiger partial charge in [0.25, 0.3) is 0 Å². The molecule has 1 heterocycles. The van der Waals surface area contributed by atoms with Crippen molar-refractivity contribution in [1.29, 1.82) is 0 Å². The van der Waals surface area contributed by atoms with Gasteiger partial charge >= 0.3 is 0 Å². The van der Waals surface area contributed by atoms with Crippen molar-refractivity contribution in [2.75, 3.05) is 72.5 Å². The van der Waals surface area contributed by atoms with Gasteiger partial charge in [0, 0.05) is 68.3 Å². The van der Waals surface area contributed by atoms with Crippen molar-refractivity contribution < 1.29 is 2.85 Å². The lowest BCUT2D eigenvalue weighted by Gasteiger charge is -2.34. The molecule has 0 aliphatic carbocycles. The molecule has 18 heavy (non-hydrogen) atoms. The maximum atomic E-state index is 5.55. The van der Waals surface area contributed by atoms with E-state index in [9.17, 15) is 0 Å². The monoisotopic (exact) mass is 263 g/mol. The molecule has 1 rings (SSSR count). The number of rotatable bonds is 8. The number of nitrogens with one attached hydrogen (secondary N) is 2. The minimum absolute atomic E-state index is 0. The predicted octanol–water partition coefficient (Wildman–Crippen LogP) is -0.110. The number of nitrogens with zero attached hydrogens (tertiary/aromatic N) is 2. The maximum Gasteiger partial charge on any atom is 0.0110 e. The van der Waals surface area contributed by atoms with Crippen LogP contribution in [0.5, 0.6) is 0 Å². The van der Waals surface area contributed by atoms with Gasteiger partial charge in [-0.1, -0.05) is 13.8 Å². The van der Waals surface area contributed by atoms with Crippen molar-refractivity contribution >= 4 is 0 Å². The van der Waals surface area contributed by atoms with Gasteiger partial charge in [-0.05, 0) is 7.05 Å². The zero-order valence-corrected chi connectivity index (χ0v) is 12.5. The Hall–Kier alpha value is -0.200. The Balaban J connectivity index is -0.000000689. The van der Waals surface area contributed by atoms with Crippen LogP contribution >= 0.6 is 0 Å². The van der Waals surface area contributed by atoms with E-state index in [-0.39, 0.29) is 2.85 Å². The van der Waals surface area contributed by atoms with Gasteiger partial charge in [-0.25, -0.2) is 0 Å². The molecule has 114 valence electrons. The fourth-order valence-electron chi connectivity index (χ4n) is 1.99.